The molecule has 0 spiro atoms. The first-order valence-corrected chi connectivity index (χ1v) is 13.4. The van der Waals surface area contributed by atoms with E-state index in [1.165, 1.54) is 11.1 Å². The Bertz CT molecular complexity index is 1030. The monoisotopic (exact) mass is 487 g/mol. The topological polar surface area (TPSA) is 60.5 Å². The summed E-state index contributed by atoms with van der Waals surface area (Å²) in [7, 11) is 0. The zero-order chi connectivity index (χ0) is 23.9. The number of carbonyl (C=O) groups excluding carboxylic acids is 1. The molecule has 1 aromatic heterocycles. The Balaban J connectivity index is 1.16. The highest BCUT2D eigenvalue weighted by Crippen LogP contribution is 2.37. The number of hydrogen-bond acceptors (Lipinski definition) is 6. The van der Waals surface area contributed by atoms with E-state index in [0.717, 1.165) is 50.6 Å². The predicted molar refractivity (Wildman–Crippen MR) is 142 cm³/mol. The Hall–Kier alpha value is -2.71. The van der Waals surface area contributed by atoms with Gasteiger partial charge in [-0.2, -0.15) is 0 Å². The van der Waals surface area contributed by atoms with Gasteiger partial charge in [-0.1, -0.05) is 66.7 Å². The molecule has 1 amide bonds. The fraction of sp³-hybridized carbons (Fsp3) is 0.357. The first kappa shape index (κ1) is 24.0. The zero-order valence-electron chi connectivity index (χ0n) is 20.0. The van der Waals surface area contributed by atoms with Gasteiger partial charge in [0.2, 0.25) is 0 Å². The second-order valence-corrected chi connectivity index (χ2v) is 10.4. The first-order chi connectivity index (χ1) is 17.3. The molecule has 1 unspecified atom stereocenters. The molecule has 0 saturated carbocycles. The number of nitrogens with one attached hydrogen (secondary N) is 2. The third-order valence-electron chi connectivity index (χ3n) is 6.90. The van der Waals surface area contributed by atoms with E-state index >= 15 is 0 Å². The number of rotatable bonds is 8. The number of pyridine rings is 1. The highest BCUT2D eigenvalue weighted by molar-refractivity contribution is 8.01. The molecular formula is C28H33N5OS. The van der Waals surface area contributed by atoms with Crippen LogP contribution in [0.4, 0.5) is 0 Å². The molecule has 1 atom stereocenters. The van der Waals surface area contributed by atoms with Crippen LogP contribution >= 0.6 is 11.8 Å². The normalized spacial score (nSPS) is 21.3. The number of hydrogen-bond donors (Lipinski definition) is 2. The standard InChI is InChI=1S/C28H33N5OS/c34-27(28(31-15-21-35-28)25-12-7-13-29-22-25)30-14-16-32-17-19-33(20-18-32)26(23-8-3-1-4-9-23)24-10-5-2-6-11-24/h1-13,22,26,31H,14-21H2,(H,30,34). The average Bonchev–Trinajstić information content (AvgIpc) is 3.43. The molecule has 0 aliphatic carbocycles. The van der Waals surface area contributed by atoms with Gasteiger partial charge in [-0.3, -0.25) is 24.9 Å². The van der Waals surface area contributed by atoms with Crippen molar-refractivity contribution in [3.8, 4) is 0 Å². The minimum Gasteiger partial charge on any atom is -0.352 e. The molecule has 2 fully saturated rings. The van der Waals surface area contributed by atoms with Crippen LogP contribution in [0.3, 0.4) is 0 Å². The summed E-state index contributed by atoms with van der Waals surface area (Å²) in [6.07, 6.45) is 3.54. The van der Waals surface area contributed by atoms with Crippen molar-refractivity contribution in [1.82, 2.24) is 25.4 Å². The van der Waals surface area contributed by atoms with Crippen LogP contribution < -0.4 is 10.6 Å². The van der Waals surface area contributed by atoms with Crippen LogP contribution in [0.25, 0.3) is 0 Å². The van der Waals surface area contributed by atoms with Gasteiger partial charge in [0.1, 0.15) is 0 Å². The summed E-state index contributed by atoms with van der Waals surface area (Å²) in [6.45, 7) is 6.30. The van der Waals surface area contributed by atoms with Crippen molar-refractivity contribution < 1.29 is 4.79 Å². The molecule has 35 heavy (non-hydrogen) atoms. The highest BCUT2D eigenvalue weighted by Gasteiger charge is 2.43. The molecule has 5 rings (SSSR count). The van der Waals surface area contributed by atoms with Gasteiger partial charge in [0, 0.05) is 69.5 Å². The van der Waals surface area contributed by atoms with Crippen LogP contribution in [0.2, 0.25) is 0 Å². The van der Waals surface area contributed by atoms with Crippen molar-refractivity contribution in [3.63, 3.8) is 0 Å². The van der Waals surface area contributed by atoms with Crippen molar-refractivity contribution in [3.05, 3.63) is 102 Å². The van der Waals surface area contributed by atoms with Crippen molar-refractivity contribution in [2.45, 2.75) is 10.9 Å². The lowest BCUT2D eigenvalue weighted by molar-refractivity contribution is -0.124. The molecule has 6 nitrogen and oxygen atoms in total. The van der Waals surface area contributed by atoms with E-state index in [9.17, 15) is 4.79 Å². The number of aromatic nitrogens is 1. The van der Waals surface area contributed by atoms with E-state index in [4.69, 9.17) is 0 Å². The van der Waals surface area contributed by atoms with Gasteiger partial charge in [-0.15, -0.1) is 11.8 Å². The lowest BCUT2D eigenvalue weighted by Gasteiger charge is -2.40. The van der Waals surface area contributed by atoms with Crippen LogP contribution in [0.1, 0.15) is 22.7 Å². The van der Waals surface area contributed by atoms with Crippen LogP contribution in [0.15, 0.2) is 85.2 Å². The number of carbonyl (C=O) groups is 1. The van der Waals surface area contributed by atoms with Gasteiger partial charge in [0.05, 0.1) is 6.04 Å². The summed E-state index contributed by atoms with van der Waals surface area (Å²) in [5.41, 5.74) is 3.59. The molecule has 3 heterocycles. The van der Waals surface area contributed by atoms with Crippen molar-refractivity contribution in [2.24, 2.45) is 0 Å². The Morgan fingerprint density at radius 1 is 0.971 bits per heavy atom. The summed E-state index contributed by atoms with van der Waals surface area (Å²) >= 11 is 1.65. The molecule has 3 aromatic rings. The summed E-state index contributed by atoms with van der Waals surface area (Å²) < 4.78 is 0. The van der Waals surface area contributed by atoms with E-state index < -0.39 is 4.87 Å². The lowest BCUT2D eigenvalue weighted by Crippen LogP contribution is -2.52. The molecule has 0 bridgehead atoms. The molecular weight excluding hydrogens is 454 g/mol. The average molecular weight is 488 g/mol. The molecule has 2 aliphatic heterocycles. The van der Waals surface area contributed by atoms with E-state index in [1.54, 1.807) is 24.2 Å². The molecule has 7 heteroatoms. The maximum absolute atomic E-state index is 13.2. The minimum absolute atomic E-state index is 0.0276. The summed E-state index contributed by atoms with van der Waals surface area (Å²) in [5.74, 6) is 0.939. The highest BCUT2D eigenvalue weighted by atomic mass is 32.2. The first-order valence-electron chi connectivity index (χ1n) is 12.4. The number of thioether (sulfide) groups is 1. The summed E-state index contributed by atoms with van der Waals surface area (Å²) in [4.78, 5) is 21.7. The molecule has 2 saturated heterocycles. The SMILES string of the molecule is O=C(NCCN1CCN(C(c2ccccc2)c2ccccc2)CC1)C1(c2cccnc2)NCCS1. The van der Waals surface area contributed by atoms with Crippen molar-refractivity contribution in [2.75, 3.05) is 51.6 Å². The Kier molecular flexibility index (Phi) is 7.79. The van der Waals surface area contributed by atoms with E-state index in [1.807, 2.05) is 12.1 Å². The van der Waals surface area contributed by atoms with Crippen molar-refractivity contribution in [1.29, 1.82) is 0 Å². The van der Waals surface area contributed by atoms with E-state index in [-0.39, 0.29) is 11.9 Å². The number of amides is 1. The lowest BCUT2D eigenvalue weighted by atomic mass is 9.96. The Morgan fingerprint density at radius 2 is 1.66 bits per heavy atom. The van der Waals surface area contributed by atoms with Gasteiger partial charge >= 0.3 is 0 Å². The van der Waals surface area contributed by atoms with E-state index in [0.29, 0.717) is 6.54 Å². The third-order valence-corrected chi connectivity index (χ3v) is 8.31. The second kappa shape index (κ2) is 11.4. The van der Waals surface area contributed by atoms with Gasteiger partial charge in [0.15, 0.2) is 4.87 Å². The molecule has 2 aromatic carbocycles. The van der Waals surface area contributed by atoms with Crippen molar-refractivity contribution >= 4 is 17.7 Å². The fourth-order valence-corrected chi connectivity index (χ4v) is 6.30. The van der Waals surface area contributed by atoms with Gasteiger partial charge in [-0.25, -0.2) is 0 Å². The Labute approximate surface area is 212 Å². The molecule has 0 radical (unpaired) electrons. The number of nitrogens with zero attached hydrogens (tertiary/aromatic N) is 3. The molecule has 182 valence electrons. The van der Waals surface area contributed by atoms with Crippen LogP contribution in [-0.4, -0.2) is 72.3 Å². The van der Waals surface area contributed by atoms with Crippen LogP contribution in [-0.2, 0) is 9.67 Å². The third kappa shape index (κ3) is 5.43. The molecule has 2 N–H and O–H groups in total. The smallest absolute Gasteiger partial charge is 0.255 e. The number of benzene rings is 2. The van der Waals surface area contributed by atoms with Gasteiger partial charge in [-0.05, 0) is 17.2 Å². The van der Waals surface area contributed by atoms with Gasteiger partial charge in [0.25, 0.3) is 5.91 Å². The largest absolute Gasteiger partial charge is 0.352 e. The van der Waals surface area contributed by atoms with Crippen LogP contribution in [0.5, 0.6) is 0 Å². The van der Waals surface area contributed by atoms with Gasteiger partial charge < -0.3 is 5.32 Å². The maximum atomic E-state index is 13.2. The van der Waals surface area contributed by atoms with E-state index in [2.05, 4.69) is 86.1 Å². The second-order valence-electron chi connectivity index (χ2n) is 9.06. The Morgan fingerprint density at radius 3 is 2.23 bits per heavy atom. The maximum Gasteiger partial charge on any atom is 0.255 e. The zero-order valence-corrected chi connectivity index (χ0v) is 20.8. The summed E-state index contributed by atoms with van der Waals surface area (Å²) in [5, 5.41) is 6.61. The fourth-order valence-electron chi connectivity index (χ4n) is 5.10. The molecule has 2 aliphatic rings. The quantitative estimate of drug-likeness (QED) is 0.509. The number of piperazine rings is 1. The minimum atomic E-state index is -0.731. The predicted octanol–water partition coefficient (Wildman–Crippen LogP) is 3.09. The summed E-state index contributed by atoms with van der Waals surface area (Å²) in [6, 6.07) is 25.7. The van der Waals surface area contributed by atoms with Crippen LogP contribution in [0, 0.1) is 0 Å².